The number of morpholine rings is 1. The number of rotatable bonds is 5. The summed E-state index contributed by atoms with van der Waals surface area (Å²) in [5.74, 6) is 0.418. The molecule has 7 nitrogen and oxygen atoms in total. The summed E-state index contributed by atoms with van der Waals surface area (Å²) in [6, 6.07) is 4.07. The van der Waals surface area contributed by atoms with Crippen LogP contribution in [0.4, 0.5) is 4.39 Å². The zero-order chi connectivity index (χ0) is 21.9. The number of allylic oxidation sites excluding steroid dienone is 3. The molecule has 0 atom stereocenters. The summed E-state index contributed by atoms with van der Waals surface area (Å²) in [6.07, 6.45) is 10.3. The third kappa shape index (κ3) is 4.46. The molecule has 1 saturated carbocycles. The van der Waals surface area contributed by atoms with Crippen LogP contribution in [0.1, 0.15) is 31.2 Å². The minimum absolute atomic E-state index is 0.0806. The molecule has 8 heteroatoms. The Labute approximate surface area is 187 Å². The number of amides is 1. The molecular weight excluding hydrogens is 409 g/mol. The van der Waals surface area contributed by atoms with Crippen LogP contribution in [0.5, 0.6) is 0 Å². The summed E-state index contributed by atoms with van der Waals surface area (Å²) in [6.45, 7) is 3.41. The van der Waals surface area contributed by atoms with Gasteiger partial charge in [0.25, 0.3) is 5.91 Å². The number of aliphatic imine (C=N–C) groups is 1. The van der Waals surface area contributed by atoms with Crippen LogP contribution in [0.25, 0.3) is 0 Å². The summed E-state index contributed by atoms with van der Waals surface area (Å²) in [4.78, 5) is 26.6. The van der Waals surface area contributed by atoms with Gasteiger partial charge in [-0.05, 0) is 30.9 Å². The Morgan fingerprint density at radius 1 is 1.31 bits per heavy atom. The topological polar surface area (TPSA) is 70.1 Å². The molecule has 0 radical (unpaired) electrons. The fourth-order valence-electron chi connectivity index (χ4n) is 4.29. The van der Waals surface area contributed by atoms with Crippen molar-refractivity contribution in [2.75, 3.05) is 32.8 Å². The molecule has 1 saturated heterocycles. The molecule has 2 aliphatic heterocycles. The summed E-state index contributed by atoms with van der Waals surface area (Å²) in [5.41, 5.74) is 2.53. The van der Waals surface area contributed by atoms with Gasteiger partial charge in [-0.2, -0.15) is 0 Å². The molecule has 1 amide bonds. The van der Waals surface area contributed by atoms with E-state index < -0.39 is 0 Å². The second-order valence-electron chi connectivity index (χ2n) is 8.50. The van der Waals surface area contributed by atoms with Gasteiger partial charge in [-0.1, -0.05) is 18.2 Å². The minimum Gasteiger partial charge on any atom is -0.378 e. The van der Waals surface area contributed by atoms with E-state index in [1.165, 1.54) is 0 Å². The second kappa shape index (κ2) is 9.24. The van der Waals surface area contributed by atoms with Gasteiger partial charge in [-0.15, -0.1) is 0 Å². The SMILES string of the molecule is O=C(C1=C(C2=C(F)CCC=C2)NC(N2CCOCC2)=NC1)N(Cc1cccnc1)C1CC1. The van der Waals surface area contributed by atoms with E-state index in [2.05, 4.69) is 20.2 Å². The Kier molecular flexibility index (Phi) is 6.03. The molecule has 0 unspecified atom stereocenters. The van der Waals surface area contributed by atoms with Crippen molar-refractivity contribution < 1.29 is 13.9 Å². The van der Waals surface area contributed by atoms with E-state index in [4.69, 9.17) is 4.74 Å². The van der Waals surface area contributed by atoms with Gasteiger partial charge in [0.2, 0.25) is 0 Å². The van der Waals surface area contributed by atoms with Crippen LogP contribution in [0.2, 0.25) is 0 Å². The van der Waals surface area contributed by atoms with Gasteiger partial charge in [-0.3, -0.25) is 9.78 Å². The zero-order valence-corrected chi connectivity index (χ0v) is 18.1. The highest BCUT2D eigenvalue weighted by Gasteiger charge is 2.37. The van der Waals surface area contributed by atoms with Crippen molar-refractivity contribution in [3.63, 3.8) is 0 Å². The zero-order valence-electron chi connectivity index (χ0n) is 18.1. The van der Waals surface area contributed by atoms with Crippen molar-refractivity contribution >= 4 is 11.9 Å². The first-order chi connectivity index (χ1) is 15.7. The maximum absolute atomic E-state index is 14.9. The van der Waals surface area contributed by atoms with Crippen LogP contribution in [-0.4, -0.2) is 65.5 Å². The second-order valence-corrected chi connectivity index (χ2v) is 8.50. The number of pyridine rings is 1. The number of carbonyl (C=O) groups is 1. The number of nitrogens with zero attached hydrogens (tertiary/aromatic N) is 4. The lowest BCUT2D eigenvalue weighted by Gasteiger charge is -2.34. The largest absolute Gasteiger partial charge is 0.378 e. The van der Waals surface area contributed by atoms with E-state index in [1.807, 2.05) is 23.1 Å². The van der Waals surface area contributed by atoms with E-state index in [0.29, 0.717) is 55.4 Å². The summed E-state index contributed by atoms with van der Waals surface area (Å²) in [7, 11) is 0. The van der Waals surface area contributed by atoms with Gasteiger partial charge in [-0.25, -0.2) is 9.38 Å². The summed E-state index contributed by atoms with van der Waals surface area (Å²) >= 11 is 0. The lowest BCUT2D eigenvalue weighted by atomic mass is 9.97. The standard InChI is InChI=1S/C24H28FN5O2/c25-21-6-2-1-5-19(21)22-20(15-27-24(28-22)29-10-12-32-13-11-29)23(31)30(18-7-8-18)16-17-4-3-9-26-14-17/h1,3-5,9,14,18H,2,6-8,10-13,15-16H2,(H,27,28). The van der Waals surface area contributed by atoms with E-state index >= 15 is 0 Å². The average molecular weight is 438 g/mol. The van der Waals surface area contributed by atoms with E-state index in [-0.39, 0.29) is 24.3 Å². The van der Waals surface area contributed by atoms with Crippen LogP contribution >= 0.6 is 0 Å². The molecule has 2 fully saturated rings. The first-order valence-corrected chi connectivity index (χ1v) is 11.3. The highest BCUT2D eigenvalue weighted by Crippen LogP contribution is 2.33. The summed E-state index contributed by atoms with van der Waals surface area (Å²) < 4.78 is 20.4. The fraction of sp³-hybridized carbons (Fsp3) is 0.458. The smallest absolute Gasteiger partial charge is 0.254 e. The highest BCUT2D eigenvalue weighted by molar-refractivity contribution is 5.99. The van der Waals surface area contributed by atoms with E-state index in [0.717, 1.165) is 31.5 Å². The normalized spacial score (nSPS) is 21.4. The molecule has 2 aliphatic carbocycles. The number of hydrogen-bond donors (Lipinski definition) is 1. The molecule has 1 aromatic heterocycles. The van der Waals surface area contributed by atoms with E-state index in [9.17, 15) is 9.18 Å². The maximum atomic E-state index is 14.9. The van der Waals surface area contributed by atoms with Crippen molar-refractivity contribution in [1.29, 1.82) is 0 Å². The van der Waals surface area contributed by atoms with Crippen LogP contribution in [-0.2, 0) is 16.1 Å². The van der Waals surface area contributed by atoms with Crippen molar-refractivity contribution in [3.05, 3.63) is 64.9 Å². The third-order valence-electron chi connectivity index (χ3n) is 6.20. The Balaban J connectivity index is 1.46. The molecule has 0 spiro atoms. The lowest BCUT2D eigenvalue weighted by molar-refractivity contribution is -0.128. The van der Waals surface area contributed by atoms with Crippen LogP contribution < -0.4 is 5.32 Å². The predicted octanol–water partition coefficient (Wildman–Crippen LogP) is 2.69. The first-order valence-electron chi connectivity index (χ1n) is 11.3. The molecule has 4 aliphatic rings. The molecule has 1 aromatic rings. The first kappa shape index (κ1) is 20.9. The number of halogens is 1. The van der Waals surface area contributed by atoms with Crippen LogP contribution in [0.15, 0.2) is 64.3 Å². The van der Waals surface area contributed by atoms with Crippen molar-refractivity contribution in [3.8, 4) is 0 Å². The number of nitrogens with one attached hydrogen (secondary N) is 1. The average Bonchev–Trinajstić information content (AvgIpc) is 3.69. The van der Waals surface area contributed by atoms with Crippen molar-refractivity contribution in [1.82, 2.24) is 20.1 Å². The highest BCUT2D eigenvalue weighted by atomic mass is 19.1. The van der Waals surface area contributed by atoms with Crippen LogP contribution in [0.3, 0.4) is 0 Å². The molecule has 1 N–H and O–H groups in total. The van der Waals surface area contributed by atoms with Gasteiger partial charge in [0.15, 0.2) is 5.96 Å². The Morgan fingerprint density at radius 3 is 2.88 bits per heavy atom. The quantitative estimate of drug-likeness (QED) is 0.767. The summed E-state index contributed by atoms with van der Waals surface area (Å²) in [5, 5.41) is 3.32. The Bertz CT molecular complexity index is 991. The van der Waals surface area contributed by atoms with Crippen molar-refractivity contribution in [2.45, 2.75) is 38.3 Å². The molecule has 0 aromatic carbocycles. The number of hydrogen-bond acceptors (Lipinski definition) is 6. The van der Waals surface area contributed by atoms with E-state index in [1.54, 1.807) is 18.5 Å². The molecular formula is C24H28FN5O2. The lowest BCUT2D eigenvalue weighted by Crippen LogP contribution is -2.49. The van der Waals surface area contributed by atoms with Gasteiger partial charge in [0.05, 0.1) is 31.0 Å². The minimum atomic E-state index is -0.186. The predicted molar refractivity (Wildman–Crippen MR) is 119 cm³/mol. The fourth-order valence-corrected chi connectivity index (χ4v) is 4.29. The molecule has 5 rings (SSSR count). The molecule has 0 bridgehead atoms. The van der Waals surface area contributed by atoms with Gasteiger partial charge in [0.1, 0.15) is 5.83 Å². The Morgan fingerprint density at radius 2 is 2.16 bits per heavy atom. The Hall–Kier alpha value is -3.00. The molecule has 168 valence electrons. The van der Waals surface area contributed by atoms with Gasteiger partial charge >= 0.3 is 0 Å². The van der Waals surface area contributed by atoms with Crippen molar-refractivity contribution in [2.24, 2.45) is 4.99 Å². The number of guanidine groups is 1. The monoisotopic (exact) mass is 437 g/mol. The van der Waals surface area contributed by atoms with Gasteiger partial charge < -0.3 is 19.9 Å². The third-order valence-corrected chi connectivity index (χ3v) is 6.20. The van der Waals surface area contributed by atoms with Gasteiger partial charge in [0, 0.05) is 50.1 Å². The number of carbonyl (C=O) groups excluding carboxylic acids is 1. The number of ether oxygens (including phenoxy) is 1. The van der Waals surface area contributed by atoms with Crippen LogP contribution in [0, 0.1) is 0 Å². The maximum Gasteiger partial charge on any atom is 0.254 e. The molecule has 3 heterocycles. The number of aromatic nitrogens is 1. The molecule has 32 heavy (non-hydrogen) atoms.